The van der Waals surface area contributed by atoms with Crippen LogP contribution >= 0.6 is 11.8 Å². The van der Waals surface area contributed by atoms with Gasteiger partial charge in [-0.2, -0.15) is 0 Å². The Morgan fingerprint density at radius 3 is 2.88 bits per heavy atom. The number of carbonyl (C=O) groups is 2. The number of hydrogen-bond donors (Lipinski definition) is 1. The second kappa shape index (κ2) is 7.35. The van der Waals surface area contributed by atoms with Crippen molar-refractivity contribution in [1.29, 1.82) is 0 Å². The molecule has 0 spiro atoms. The van der Waals surface area contributed by atoms with Crippen molar-refractivity contribution in [3.05, 3.63) is 60.2 Å². The van der Waals surface area contributed by atoms with Gasteiger partial charge >= 0.3 is 5.97 Å². The number of rotatable bonds is 5. The van der Waals surface area contributed by atoms with Crippen molar-refractivity contribution in [2.45, 2.75) is 5.16 Å². The Hall–Kier alpha value is -2.87. The zero-order valence-corrected chi connectivity index (χ0v) is 14.0. The largest absolute Gasteiger partial charge is 0.451 e. The van der Waals surface area contributed by atoms with Crippen LogP contribution in [0, 0.1) is 5.82 Å². The van der Waals surface area contributed by atoms with E-state index >= 15 is 0 Å². The molecule has 0 radical (unpaired) electrons. The first-order valence-electron chi connectivity index (χ1n) is 7.32. The molecular weight excluding hydrogens is 345 g/mol. The van der Waals surface area contributed by atoms with Crippen molar-refractivity contribution in [1.82, 2.24) is 9.38 Å². The van der Waals surface area contributed by atoms with Gasteiger partial charge in [-0.1, -0.05) is 23.9 Å². The third-order valence-corrected chi connectivity index (χ3v) is 3.99. The Morgan fingerprint density at radius 1 is 1.28 bits per heavy atom. The Morgan fingerprint density at radius 2 is 2.12 bits per heavy atom. The summed E-state index contributed by atoms with van der Waals surface area (Å²) < 4.78 is 19.9. The zero-order chi connectivity index (χ0) is 17.8. The third-order valence-electron chi connectivity index (χ3n) is 3.33. The van der Waals surface area contributed by atoms with Crippen molar-refractivity contribution >= 4 is 34.8 Å². The fourth-order valence-corrected chi connectivity index (χ4v) is 2.81. The van der Waals surface area contributed by atoms with Crippen LogP contribution in [-0.4, -0.2) is 34.1 Å². The van der Waals surface area contributed by atoms with Gasteiger partial charge in [0.2, 0.25) is 0 Å². The number of thioether (sulfide) groups is 1. The van der Waals surface area contributed by atoms with Crippen LogP contribution in [0.15, 0.2) is 53.8 Å². The van der Waals surface area contributed by atoms with Crippen LogP contribution in [0.5, 0.6) is 0 Å². The molecule has 1 N–H and O–H groups in total. The van der Waals surface area contributed by atoms with Crippen LogP contribution < -0.4 is 5.32 Å². The van der Waals surface area contributed by atoms with E-state index in [1.807, 2.05) is 12.3 Å². The Labute approximate surface area is 147 Å². The smallest absolute Gasteiger partial charge is 0.359 e. The summed E-state index contributed by atoms with van der Waals surface area (Å²) in [6, 6.07) is 10.8. The molecule has 0 bridgehead atoms. The van der Waals surface area contributed by atoms with Gasteiger partial charge in [0.05, 0.1) is 5.52 Å². The zero-order valence-electron chi connectivity index (χ0n) is 13.2. The fourth-order valence-electron chi connectivity index (χ4n) is 2.27. The van der Waals surface area contributed by atoms with E-state index in [4.69, 9.17) is 4.74 Å². The number of ether oxygens (including phenoxy) is 1. The molecule has 6 nitrogen and oxygen atoms in total. The van der Waals surface area contributed by atoms with Gasteiger partial charge in [0.15, 0.2) is 17.5 Å². The number of pyridine rings is 1. The summed E-state index contributed by atoms with van der Waals surface area (Å²) in [6.07, 6.45) is 3.64. The molecule has 128 valence electrons. The second-order valence-electron chi connectivity index (χ2n) is 5.04. The summed E-state index contributed by atoms with van der Waals surface area (Å²) >= 11 is 1.39. The molecule has 1 aromatic carbocycles. The molecule has 3 rings (SSSR count). The van der Waals surface area contributed by atoms with Gasteiger partial charge in [0.1, 0.15) is 5.82 Å². The number of nitrogens with zero attached hydrogens (tertiary/aromatic N) is 2. The number of esters is 1. The molecule has 0 unspecified atom stereocenters. The maximum atomic E-state index is 13.1. The quantitative estimate of drug-likeness (QED) is 0.560. The molecule has 2 aromatic heterocycles. The maximum absolute atomic E-state index is 13.1. The first-order chi connectivity index (χ1) is 12.1. The molecule has 0 aliphatic carbocycles. The molecule has 0 saturated carbocycles. The minimum atomic E-state index is -0.696. The SMILES string of the molecule is CSc1nc(C(=O)OCC(=O)Nc2cccc(F)c2)c2ccccn12. The van der Waals surface area contributed by atoms with E-state index in [1.165, 1.54) is 36.0 Å². The predicted octanol–water partition coefficient (Wildman–Crippen LogP) is 2.99. The summed E-state index contributed by atoms with van der Waals surface area (Å²) in [4.78, 5) is 28.3. The van der Waals surface area contributed by atoms with Crippen LogP contribution in [0.1, 0.15) is 10.5 Å². The molecule has 2 heterocycles. The fraction of sp³-hybridized carbons (Fsp3) is 0.118. The van der Waals surface area contributed by atoms with Crippen molar-refractivity contribution in [2.24, 2.45) is 0 Å². The van der Waals surface area contributed by atoms with Gasteiger partial charge in [0, 0.05) is 11.9 Å². The maximum Gasteiger partial charge on any atom is 0.359 e. The summed E-state index contributed by atoms with van der Waals surface area (Å²) in [5.74, 6) is -1.73. The lowest BCUT2D eigenvalue weighted by Crippen LogP contribution is -2.21. The minimum Gasteiger partial charge on any atom is -0.451 e. The number of benzene rings is 1. The van der Waals surface area contributed by atoms with Gasteiger partial charge in [-0.15, -0.1) is 0 Å². The number of hydrogen-bond acceptors (Lipinski definition) is 5. The van der Waals surface area contributed by atoms with Gasteiger partial charge in [-0.25, -0.2) is 14.2 Å². The average Bonchev–Trinajstić information content (AvgIpc) is 2.99. The number of nitrogens with one attached hydrogen (secondary N) is 1. The molecule has 0 saturated heterocycles. The van der Waals surface area contributed by atoms with Gasteiger partial charge < -0.3 is 10.1 Å². The van der Waals surface area contributed by atoms with Crippen LogP contribution in [0.4, 0.5) is 10.1 Å². The highest BCUT2D eigenvalue weighted by Crippen LogP contribution is 2.20. The number of anilines is 1. The third kappa shape index (κ3) is 3.80. The number of carbonyl (C=O) groups excluding carboxylic acids is 2. The highest BCUT2D eigenvalue weighted by Gasteiger charge is 2.19. The van der Waals surface area contributed by atoms with Gasteiger partial charge in [-0.05, 0) is 36.6 Å². The lowest BCUT2D eigenvalue weighted by molar-refractivity contribution is -0.119. The van der Waals surface area contributed by atoms with Crippen LogP contribution in [0.3, 0.4) is 0 Å². The summed E-state index contributed by atoms with van der Waals surface area (Å²) in [7, 11) is 0. The van der Waals surface area contributed by atoms with Crippen LogP contribution in [0.2, 0.25) is 0 Å². The van der Waals surface area contributed by atoms with Gasteiger partial charge in [0.25, 0.3) is 5.91 Å². The van der Waals surface area contributed by atoms with E-state index in [-0.39, 0.29) is 11.4 Å². The normalized spacial score (nSPS) is 10.6. The summed E-state index contributed by atoms with van der Waals surface area (Å²) in [5.41, 5.74) is 1.03. The molecule has 3 aromatic rings. The molecule has 25 heavy (non-hydrogen) atoms. The topological polar surface area (TPSA) is 72.7 Å². The summed E-state index contributed by atoms with van der Waals surface area (Å²) in [6.45, 7) is -0.490. The van der Waals surface area contributed by atoms with E-state index < -0.39 is 24.3 Å². The van der Waals surface area contributed by atoms with Gasteiger partial charge in [-0.3, -0.25) is 9.20 Å². The van der Waals surface area contributed by atoms with Crippen LogP contribution in [-0.2, 0) is 9.53 Å². The van der Waals surface area contributed by atoms with E-state index in [2.05, 4.69) is 10.3 Å². The van der Waals surface area contributed by atoms with Crippen molar-refractivity contribution in [3.8, 4) is 0 Å². The highest BCUT2D eigenvalue weighted by atomic mass is 32.2. The minimum absolute atomic E-state index is 0.142. The predicted molar refractivity (Wildman–Crippen MR) is 92.3 cm³/mol. The Kier molecular flexibility index (Phi) is 4.99. The van der Waals surface area contributed by atoms with Crippen molar-refractivity contribution in [3.63, 3.8) is 0 Å². The second-order valence-corrected chi connectivity index (χ2v) is 5.81. The first-order valence-corrected chi connectivity index (χ1v) is 8.54. The van der Waals surface area contributed by atoms with E-state index in [9.17, 15) is 14.0 Å². The monoisotopic (exact) mass is 359 g/mol. The lowest BCUT2D eigenvalue weighted by Gasteiger charge is -2.06. The van der Waals surface area contributed by atoms with E-state index in [1.54, 1.807) is 22.7 Å². The van der Waals surface area contributed by atoms with E-state index in [0.717, 1.165) is 0 Å². The molecule has 0 atom stereocenters. The average molecular weight is 359 g/mol. The molecular formula is C17H14FN3O3S. The first kappa shape index (κ1) is 17.0. The van der Waals surface area contributed by atoms with Crippen LogP contribution in [0.25, 0.3) is 5.52 Å². The molecule has 8 heteroatoms. The number of halogens is 1. The number of aromatic nitrogens is 2. The Bertz CT molecular complexity index is 942. The molecule has 1 amide bonds. The van der Waals surface area contributed by atoms with Crippen molar-refractivity contribution in [2.75, 3.05) is 18.2 Å². The lowest BCUT2D eigenvalue weighted by atomic mass is 10.3. The Balaban J connectivity index is 1.68. The number of fused-ring (bicyclic) bond motifs is 1. The molecule has 0 aliphatic rings. The number of imidazole rings is 1. The molecule has 0 aliphatic heterocycles. The summed E-state index contributed by atoms with van der Waals surface area (Å²) in [5, 5.41) is 3.10. The number of amides is 1. The van der Waals surface area contributed by atoms with Crippen molar-refractivity contribution < 1.29 is 18.7 Å². The van der Waals surface area contributed by atoms with E-state index in [0.29, 0.717) is 10.7 Å². The molecule has 0 fully saturated rings. The highest BCUT2D eigenvalue weighted by molar-refractivity contribution is 7.98. The standard InChI is InChI=1S/C17H14FN3O3S/c1-25-17-20-15(13-7-2-3-8-21(13)17)16(23)24-10-14(22)19-12-6-4-5-11(18)9-12/h2-9H,10H2,1H3,(H,19,22).